The second-order valence-electron chi connectivity index (χ2n) is 9.42. The van der Waals surface area contributed by atoms with Gasteiger partial charge < -0.3 is 15.0 Å². The van der Waals surface area contributed by atoms with Crippen LogP contribution in [0.15, 0.2) is 60.7 Å². The number of thiazole rings is 1. The second kappa shape index (κ2) is 7.66. The van der Waals surface area contributed by atoms with Crippen LogP contribution in [0.2, 0.25) is 0 Å². The minimum Gasteiger partial charge on any atom is -0.633 e. The molecule has 1 aliphatic carbocycles. The van der Waals surface area contributed by atoms with Gasteiger partial charge in [-0.3, -0.25) is 4.79 Å². The number of pyridine rings is 1. The molecule has 34 heavy (non-hydrogen) atoms. The summed E-state index contributed by atoms with van der Waals surface area (Å²) in [5.41, 5.74) is 3.92. The minimum absolute atomic E-state index is 0.0229. The van der Waals surface area contributed by atoms with Crippen molar-refractivity contribution in [3.8, 4) is 10.6 Å². The maximum absolute atomic E-state index is 15.0. The van der Waals surface area contributed by atoms with Crippen LogP contribution in [0.25, 0.3) is 20.9 Å². The lowest BCUT2D eigenvalue weighted by atomic mass is 9.92. The average Bonchev–Trinajstić information content (AvgIpc) is 3.51. The average molecular weight is 476 g/mol. The summed E-state index contributed by atoms with van der Waals surface area (Å²) in [6, 6.07) is 19.1. The topological polar surface area (TPSA) is 86.1 Å². The number of likely N-dealkylation sites (tertiary alicyclic amines) is 1. The van der Waals surface area contributed by atoms with E-state index in [9.17, 15) is 10.0 Å². The van der Waals surface area contributed by atoms with Crippen molar-refractivity contribution in [3.63, 3.8) is 0 Å². The van der Waals surface area contributed by atoms with E-state index in [-0.39, 0.29) is 25.0 Å². The van der Waals surface area contributed by atoms with Crippen LogP contribution in [0.5, 0.6) is 0 Å². The number of nitrogens with zero attached hydrogens (tertiary/aromatic N) is 3. The monoisotopic (exact) mass is 475 g/mol. The summed E-state index contributed by atoms with van der Waals surface area (Å²) >= 11 is 1.36. The van der Waals surface area contributed by atoms with Gasteiger partial charge >= 0.3 is 5.97 Å². The third kappa shape index (κ3) is 3.58. The van der Waals surface area contributed by atoms with E-state index in [2.05, 4.69) is 17.1 Å². The minimum atomic E-state index is -0.949. The van der Waals surface area contributed by atoms with E-state index < -0.39 is 22.4 Å². The Hall–Kier alpha value is -3.20. The Labute approximate surface area is 199 Å². The van der Waals surface area contributed by atoms with Crippen molar-refractivity contribution in [3.05, 3.63) is 88.5 Å². The van der Waals surface area contributed by atoms with Crippen LogP contribution < -0.4 is 0 Å². The van der Waals surface area contributed by atoms with Gasteiger partial charge in [0.15, 0.2) is 5.92 Å². The smallest absolute Gasteiger partial charge is 0.318 e. The summed E-state index contributed by atoms with van der Waals surface area (Å²) in [5, 5.41) is 22.1. The number of aliphatic carboxylic acids is 1. The quantitative estimate of drug-likeness (QED) is 0.310. The molecule has 4 aromatic rings. The number of hydrogen-bond acceptors (Lipinski definition) is 5. The van der Waals surface area contributed by atoms with E-state index in [0.29, 0.717) is 16.1 Å². The van der Waals surface area contributed by atoms with Crippen molar-refractivity contribution in [1.82, 2.24) is 9.97 Å². The largest absolute Gasteiger partial charge is 0.633 e. The molecular formula is C26H22FN3O3S. The van der Waals surface area contributed by atoms with Crippen molar-refractivity contribution in [1.29, 1.82) is 0 Å². The molecule has 0 spiro atoms. The van der Waals surface area contributed by atoms with Gasteiger partial charge in [-0.1, -0.05) is 47.7 Å². The summed E-state index contributed by atoms with van der Waals surface area (Å²) < 4.78 is 14.4. The van der Waals surface area contributed by atoms with Crippen LogP contribution in [0, 0.1) is 16.9 Å². The molecule has 0 amide bonds. The Balaban J connectivity index is 1.26. The van der Waals surface area contributed by atoms with Crippen LogP contribution >= 0.6 is 11.3 Å². The first-order valence-electron chi connectivity index (χ1n) is 11.3. The number of carbonyl (C=O) groups is 1. The van der Waals surface area contributed by atoms with E-state index in [1.54, 1.807) is 12.1 Å². The van der Waals surface area contributed by atoms with Gasteiger partial charge in [-0.2, -0.15) is 0 Å². The fourth-order valence-electron chi connectivity index (χ4n) is 4.97. The number of carboxylic acids is 1. The summed E-state index contributed by atoms with van der Waals surface area (Å²) in [7, 11) is 0. The van der Waals surface area contributed by atoms with Crippen molar-refractivity contribution in [2.45, 2.75) is 24.8 Å². The van der Waals surface area contributed by atoms with Gasteiger partial charge in [0.25, 0.3) is 0 Å². The van der Waals surface area contributed by atoms with Gasteiger partial charge in [0.1, 0.15) is 27.7 Å². The van der Waals surface area contributed by atoms with Crippen LogP contribution in [0.4, 0.5) is 4.39 Å². The summed E-state index contributed by atoms with van der Waals surface area (Å²) in [4.78, 5) is 21.3. The molecule has 0 bridgehead atoms. The summed E-state index contributed by atoms with van der Waals surface area (Å²) in [6.45, 7) is 0.109. The molecule has 1 aliphatic heterocycles. The Kier molecular flexibility index (Phi) is 4.81. The fraction of sp³-hybridized carbons (Fsp3) is 0.269. The van der Waals surface area contributed by atoms with Crippen LogP contribution in [0.3, 0.4) is 0 Å². The summed E-state index contributed by atoms with van der Waals surface area (Å²) in [5.74, 6) is -2.00. The summed E-state index contributed by atoms with van der Waals surface area (Å²) in [6.07, 6.45) is 2.12. The molecule has 2 aromatic heterocycles. The molecule has 0 unspecified atom stereocenters. The zero-order chi connectivity index (χ0) is 23.5. The Morgan fingerprint density at radius 2 is 1.88 bits per heavy atom. The molecule has 0 radical (unpaired) electrons. The van der Waals surface area contributed by atoms with Gasteiger partial charge in [-0.15, -0.1) is 0 Å². The Morgan fingerprint density at radius 1 is 1.12 bits per heavy atom. The number of hydroxylamine groups is 3. The molecule has 2 aliphatic rings. The van der Waals surface area contributed by atoms with E-state index in [0.717, 1.165) is 28.9 Å². The molecule has 1 saturated heterocycles. The van der Waals surface area contributed by atoms with Gasteiger partial charge in [-0.25, -0.2) is 14.4 Å². The third-order valence-electron chi connectivity index (χ3n) is 7.01. The number of quaternary nitrogens is 1. The highest BCUT2D eigenvalue weighted by molar-refractivity contribution is 7.21. The number of benzene rings is 2. The maximum atomic E-state index is 15.0. The molecule has 3 heterocycles. The number of fused-ring (bicyclic) bond motifs is 1. The molecule has 1 saturated carbocycles. The zero-order valence-electron chi connectivity index (χ0n) is 18.3. The van der Waals surface area contributed by atoms with Crippen LogP contribution in [-0.2, 0) is 16.8 Å². The first kappa shape index (κ1) is 21.3. The standard InChI is InChI=1S/C26H22FN3O3S/c27-20-12-16(13-30(33)14-17(15-30)25(31)32)6-7-19(20)23-28-21-8-9-22(29-24(21)34-23)26(10-11-26)18-4-2-1-3-5-18/h1-9,12,17H,10-11,13-15H2,(H,31,32)/t17-,30+. The third-order valence-corrected chi connectivity index (χ3v) is 8.01. The maximum Gasteiger partial charge on any atom is 0.318 e. The van der Waals surface area contributed by atoms with Gasteiger partial charge in [-0.05, 0) is 42.7 Å². The van der Waals surface area contributed by atoms with Crippen molar-refractivity contribution < 1.29 is 18.9 Å². The highest BCUT2D eigenvalue weighted by Crippen LogP contribution is 2.53. The van der Waals surface area contributed by atoms with Gasteiger partial charge in [0.2, 0.25) is 0 Å². The lowest BCUT2D eigenvalue weighted by Crippen LogP contribution is -2.61. The molecule has 6 rings (SSSR count). The van der Waals surface area contributed by atoms with Gasteiger partial charge in [0, 0.05) is 16.5 Å². The molecule has 1 N–H and O–H groups in total. The van der Waals surface area contributed by atoms with Crippen molar-refractivity contribution in [2.24, 2.45) is 5.92 Å². The van der Waals surface area contributed by atoms with Crippen LogP contribution in [0.1, 0.15) is 29.7 Å². The van der Waals surface area contributed by atoms with Gasteiger partial charge in [0.05, 0.1) is 18.8 Å². The molecule has 2 fully saturated rings. The lowest BCUT2D eigenvalue weighted by molar-refractivity contribution is -0.938. The molecule has 8 heteroatoms. The highest BCUT2D eigenvalue weighted by Gasteiger charge is 2.47. The van der Waals surface area contributed by atoms with E-state index >= 15 is 4.39 Å². The predicted molar refractivity (Wildman–Crippen MR) is 127 cm³/mol. The first-order chi connectivity index (χ1) is 16.4. The number of hydrogen-bond donors (Lipinski definition) is 1. The highest BCUT2D eigenvalue weighted by atomic mass is 32.1. The number of halogens is 1. The Bertz CT molecular complexity index is 1410. The SMILES string of the molecule is O=C(O)[C@H]1C[N@+]([O-])(Cc2ccc(-c3nc4ccc(C5(c6ccccc6)CC5)nc4s3)c(F)c2)C1. The molecule has 2 aromatic carbocycles. The molecular weight excluding hydrogens is 453 g/mol. The molecule has 6 nitrogen and oxygen atoms in total. The number of aromatic nitrogens is 2. The second-order valence-corrected chi connectivity index (χ2v) is 10.4. The Morgan fingerprint density at radius 3 is 2.56 bits per heavy atom. The lowest BCUT2D eigenvalue weighted by Gasteiger charge is -2.52. The van der Waals surface area contributed by atoms with E-state index in [1.807, 2.05) is 30.3 Å². The van der Waals surface area contributed by atoms with Crippen molar-refractivity contribution in [2.75, 3.05) is 13.1 Å². The molecule has 172 valence electrons. The van der Waals surface area contributed by atoms with E-state index in [1.165, 1.54) is 23.0 Å². The fourth-order valence-corrected chi connectivity index (χ4v) is 5.94. The van der Waals surface area contributed by atoms with Crippen molar-refractivity contribution >= 4 is 27.7 Å². The molecule has 0 atom stereocenters. The normalized spacial score (nSPS) is 22.9. The zero-order valence-corrected chi connectivity index (χ0v) is 19.1. The van der Waals surface area contributed by atoms with Crippen LogP contribution in [-0.4, -0.2) is 38.8 Å². The number of rotatable bonds is 6. The van der Waals surface area contributed by atoms with E-state index in [4.69, 9.17) is 10.1 Å². The predicted octanol–water partition coefficient (Wildman–Crippen LogP) is 5.11. The number of carboxylic acid groups (broad SMARTS) is 1. The first-order valence-corrected chi connectivity index (χ1v) is 12.1.